The molecule has 18 heavy (non-hydrogen) atoms. The first-order valence-corrected chi connectivity index (χ1v) is 5.73. The molecule has 7 nitrogen and oxygen atoms in total. The molecule has 0 spiro atoms. The molecule has 1 aliphatic rings. The molecule has 102 valence electrons. The van der Waals surface area contributed by atoms with Crippen LogP contribution in [0.2, 0.25) is 0 Å². The van der Waals surface area contributed by atoms with Gasteiger partial charge >= 0.3 is 11.9 Å². The Bertz CT molecular complexity index is 329. The number of piperidine rings is 1. The summed E-state index contributed by atoms with van der Waals surface area (Å²) in [4.78, 5) is 35.0. The fourth-order valence-corrected chi connectivity index (χ4v) is 1.92. The van der Waals surface area contributed by atoms with E-state index in [-0.39, 0.29) is 12.5 Å². The summed E-state index contributed by atoms with van der Waals surface area (Å²) in [6, 6.07) is -0.579. The number of carboxylic acid groups (broad SMARTS) is 1. The van der Waals surface area contributed by atoms with Gasteiger partial charge in [-0.1, -0.05) is 0 Å². The van der Waals surface area contributed by atoms with Crippen molar-refractivity contribution >= 4 is 17.8 Å². The number of nitrogens with zero attached hydrogens (tertiary/aromatic N) is 1. The SMILES string of the molecule is COC(=O)C1CCCCN1C(=O)COCC(=O)O. The Balaban J connectivity index is 2.52. The summed E-state index contributed by atoms with van der Waals surface area (Å²) in [6.45, 7) is -0.392. The van der Waals surface area contributed by atoms with E-state index in [1.54, 1.807) is 0 Å². The van der Waals surface area contributed by atoms with Crippen molar-refractivity contribution in [3.8, 4) is 0 Å². The highest BCUT2D eigenvalue weighted by Crippen LogP contribution is 2.18. The Morgan fingerprint density at radius 2 is 2.00 bits per heavy atom. The number of methoxy groups -OCH3 is 1. The molecule has 0 bridgehead atoms. The molecule has 1 unspecified atom stereocenters. The highest BCUT2D eigenvalue weighted by Gasteiger charge is 2.32. The average Bonchev–Trinajstić information content (AvgIpc) is 2.37. The van der Waals surface area contributed by atoms with Crippen LogP contribution >= 0.6 is 0 Å². The largest absolute Gasteiger partial charge is 0.480 e. The van der Waals surface area contributed by atoms with E-state index in [0.29, 0.717) is 13.0 Å². The van der Waals surface area contributed by atoms with E-state index in [9.17, 15) is 14.4 Å². The van der Waals surface area contributed by atoms with Crippen molar-refractivity contribution < 1.29 is 29.0 Å². The normalized spacial score (nSPS) is 19.4. The van der Waals surface area contributed by atoms with Crippen molar-refractivity contribution in [2.75, 3.05) is 26.9 Å². The van der Waals surface area contributed by atoms with Crippen molar-refractivity contribution in [1.82, 2.24) is 4.90 Å². The summed E-state index contributed by atoms with van der Waals surface area (Å²) in [7, 11) is 1.28. The number of amides is 1. The molecule has 1 amide bonds. The van der Waals surface area contributed by atoms with Crippen LogP contribution in [0.4, 0.5) is 0 Å². The second-order valence-corrected chi connectivity index (χ2v) is 4.01. The molecule has 7 heteroatoms. The lowest BCUT2D eigenvalue weighted by Gasteiger charge is -2.33. The van der Waals surface area contributed by atoms with E-state index in [4.69, 9.17) is 9.84 Å². The maximum absolute atomic E-state index is 11.8. The molecule has 1 aliphatic heterocycles. The predicted molar refractivity (Wildman–Crippen MR) is 59.8 cm³/mol. The zero-order valence-electron chi connectivity index (χ0n) is 10.3. The molecule has 0 aromatic carbocycles. The molecule has 1 saturated heterocycles. The van der Waals surface area contributed by atoms with Crippen molar-refractivity contribution in [2.24, 2.45) is 0 Å². The van der Waals surface area contributed by atoms with Crippen LogP contribution in [-0.2, 0) is 23.9 Å². The van der Waals surface area contributed by atoms with Crippen LogP contribution in [0, 0.1) is 0 Å². The smallest absolute Gasteiger partial charge is 0.329 e. The molecule has 1 atom stereocenters. The number of aliphatic carboxylic acids is 1. The van der Waals surface area contributed by atoms with Crippen molar-refractivity contribution in [1.29, 1.82) is 0 Å². The van der Waals surface area contributed by atoms with Gasteiger partial charge in [-0.05, 0) is 19.3 Å². The third-order valence-corrected chi connectivity index (χ3v) is 2.75. The van der Waals surface area contributed by atoms with Gasteiger partial charge in [0.15, 0.2) is 0 Å². The standard InChI is InChI=1S/C11H17NO6/c1-17-11(16)8-4-2-3-5-12(8)9(13)6-18-7-10(14)15/h8H,2-7H2,1H3,(H,14,15). The van der Waals surface area contributed by atoms with E-state index in [2.05, 4.69) is 4.74 Å². The summed E-state index contributed by atoms with van der Waals surface area (Å²) in [5.74, 6) is -1.96. The van der Waals surface area contributed by atoms with Crippen LogP contribution in [0.3, 0.4) is 0 Å². The summed E-state index contributed by atoms with van der Waals surface area (Å²) < 4.78 is 9.37. The number of hydrogen-bond acceptors (Lipinski definition) is 5. The molecule has 1 rings (SSSR count). The lowest BCUT2D eigenvalue weighted by atomic mass is 10.0. The van der Waals surface area contributed by atoms with Gasteiger partial charge in [0, 0.05) is 6.54 Å². The van der Waals surface area contributed by atoms with Gasteiger partial charge in [0.2, 0.25) is 5.91 Å². The first kappa shape index (κ1) is 14.4. The highest BCUT2D eigenvalue weighted by atomic mass is 16.5. The summed E-state index contributed by atoms with van der Waals surface area (Å²) in [6.07, 6.45) is 2.25. The topological polar surface area (TPSA) is 93.1 Å². The highest BCUT2D eigenvalue weighted by molar-refractivity contribution is 5.85. The second-order valence-electron chi connectivity index (χ2n) is 4.01. The van der Waals surface area contributed by atoms with Gasteiger partial charge in [-0.2, -0.15) is 0 Å². The van der Waals surface area contributed by atoms with Gasteiger partial charge in [-0.3, -0.25) is 4.79 Å². The minimum atomic E-state index is -1.13. The number of carbonyl (C=O) groups is 3. The molecule has 0 radical (unpaired) electrons. The van der Waals surface area contributed by atoms with Gasteiger partial charge in [0.25, 0.3) is 0 Å². The number of esters is 1. The predicted octanol–water partition coefficient (Wildman–Crippen LogP) is -0.358. The number of ether oxygens (including phenoxy) is 2. The lowest BCUT2D eigenvalue weighted by molar-refractivity contribution is -0.157. The van der Waals surface area contributed by atoms with E-state index >= 15 is 0 Å². The second kappa shape index (κ2) is 6.95. The van der Waals surface area contributed by atoms with E-state index < -0.39 is 24.6 Å². The van der Waals surface area contributed by atoms with Crippen LogP contribution in [0.25, 0.3) is 0 Å². The van der Waals surface area contributed by atoms with Gasteiger partial charge in [0.1, 0.15) is 19.3 Å². The first-order chi connectivity index (χ1) is 8.56. The number of carbonyl (C=O) groups excluding carboxylic acids is 2. The Labute approximate surface area is 105 Å². The molecule has 0 aliphatic carbocycles. The minimum Gasteiger partial charge on any atom is -0.480 e. The summed E-state index contributed by atoms with van der Waals surface area (Å²) >= 11 is 0. The maximum atomic E-state index is 11.8. The van der Waals surface area contributed by atoms with E-state index in [1.807, 2.05) is 0 Å². The Hall–Kier alpha value is -1.63. The first-order valence-electron chi connectivity index (χ1n) is 5.73. The number of rotatable bonds is 5. The van der Waals surface area contributed by atoms with E-state index in [0.717, 1.165) is 12.8 Å². The van der Waals surface area contributed by atoms with Crippen LogP contribution in [0.15, 0.2) is 0 Å². The zero-order chi connectivity index (χ0) is 13.5. The Morgan fingerprint density at radius 3 is 2.61 bits per heavy atom. The number of carboxylic acids is 1. The maximum Gasteiger partial charge on any atom is 0.329 e. The van der Waals surface area contributed by atoms with Gasteiger partial charge < -0.3 is 19.5 Å². The summed E-state index contributed by atoms with van der Waals surface area (Å²) in [5, 5.41) is 8.39. The fourth-order valence-electron chi connectivity index (χ4n) is 1.92. The van der Waals surface area contributed by atoms with E-state index in [1.165, 1.54) is 12.0 Å². The van der Waals surface area contributed by atoms with Crippen LogP contribution in [0.1, 0.15) is 19.3 Å². The monoisotopic (exact) mass is 259 g/mol. The molecule has 1 fully saturated rings. The number of hydrogen-bond donors (Lipinski definition) is 1. The molecule has 0 aromatic heterocycles. The van der Waals surface area contributed by atoms with Gasteiger partial charge in [-0.25, -0.2) is 9.59 Å². The van der Waals surface area contributed by atoms with Crippen LogP contribution in [0.5, 0.6) is 0 Å². The fraction of sp³-hybridized carbons (Fsp3) is 0.727. The van der Waals surface area contributed by atoms with Gasteiger partial charge in [-0.15, -0.1) is 0 Å². The molecule has 1 N–H and O–H groups in total. The zero-order valence-corrected chi connectivity index (χ0v) is 10.3. The molecule has 1 heterocycles. The molecular weight excluding hydrogens is 242 g/mol. The molecule has 0 saturated carbocycles. The Morgan fingerprint density at radius 1 is 1.28 bits per heavy atom. The number of likely N-dealkylation sites (tertiary alicyclic amines) is 1. The van der Waals surface area contributed by atoms with Crippen LogP contribution in [-0.4, -0.2) is 60.8 Å². The molecular formula is C11H17NO6. The average molecular weight is 259 g/mol. The lowest BCUT2D eigenvalue weighted by Crippen LogP contribution is -2.49. The van der Waals surface area contributed by atoms with Crippen LogP contribution < -0.4 is 0 Å². The third kappa shape index (κ3) is 3.99. The van der Waals surface area contributed by atoms with Crippen molar-refractivity contribution in [3.63, 3.8) is 0 Å². The Kier molecular flexibility index (Phi) is 5.57. The quantitative estimate of drug-likeness (QED) is 0.678. The third-order valence-electron chi connectivity index (χ3n) is 2.75. The van der Waals surface area contributed by atoms with Gasteiger partial charge in [0.05, 0.1) is 7.11 Å². The summed E-state index contributed by atoms with van der Waals surface area (Å²) in [5.41, 5.74) is 0. The molecule has 0 aromatic rings. The van der Waals surface area contributed by atoms with Crippen molar-refractivity contribution in [2.45, 2.75) is 25.3 Å². The van der Waals surface area contributed by atoms with Crippen molar-refractivity contribution in [3.05, 3.63) is 0 Å². The minimum absolute atomic E-state index is 0.334.